The summed E-state index contributed by atoms with van der Waals surface area (Å²) in [7, 11) is 3.70. The van der Waals surface area contributed by atoms with Crippen LogP contribution in [0.1, 0.15) is 15.9 Å². The van der Waals surface area contributed by atoms with E-state index in [-0.39, 0.29) is 11.5 Å². The molecule has 7 heteroatoms. The third kappa shape index (κ3) is 5.56. The molecule has 0 aromatic heterocycles. The van der Waals surface area contributed by atoms with Crippen LogP contribution in [0.3, 0.4) is 0 Å². The number of rotatable bonds is 7. The summed E-state index contributed by atoms with van der Waals surface area (Å²) in [6.45, 7) is 4.35. The number of methoxy groups -OCH3 is 1. The first-order chi connectivity index (χ1) is 14.0. The molecule has 2 aromatic carbocycles. The van der Waals surface area contributed by atoms with E-state index in [4.69, 9.17) is 9.84 Å². The summed E-state index contributed by atoms with van der Waals surface area (Å²) >= 11 is 0. The van der Waals surface area contributed by atoms with E-state index >= 15 is 0 Å². The molecule has 1 aliphatic rings. The van der Waals surface area contributed by atoms with Gasteiger partial charge in [-0.15, -0.1) is 0 Å². The average Bonchev–Trinajstić information content (AvgIpc) is 2.74. The van der Waals surface area contributed by atoms with Crippen molar-refractivity contribution in [3.8, 4) is 5.75 Å². The number of hydrogen-bond acceptors (Lipinski definition) is 5. The first kappa shape index (κ1) is 20.8. The van der Waals surface area contributed by atoms with E-state index < -0.39 is 5.97 Å². The molecular weight excluding hydrogens is 370 g/mol. The minimum atomic E-state index is -0.984. The molecular formula is C22H27N3O4. The molecule has 1 N–H and O–H groups in total. The lowest BCUT2D eigenvalue weighted by Crippen LogP contribution is -2.48. The van der Waals surface area contributed by atoms with E-state index in [1.54, 1.807) is 24.1 Å². The zero-order valence-corrected chi connectivity index (χ0v) is 16.9. The Morgan fingerprint density at radius 1 is 1.00 bits per heavy atom. The quantitative estimate of drug-likeness (QED) is 0.772. The van der Waals surface area contributed by atoms with Crippen LogP contribution in [-0.4, -0.2) is 73.7 Å². The van der Waals surface area contributed by atoms with Gasteiger partial charge in [0, 0.05) is 31.9 Å². The highest BCUT2D eigenvalue weighted by atomic mass is 16.5. The van der Waals surface area contributed by atoms with Crippen LogP contribution in [0.25, 0.3) is 0 Å². The molecule has 1 aliphatic heterocycles. The number of carbonyl (C=O) groups is 2. The van der Waals surface area contributed by atoms with Gasteiger partial charge >= 0.3 is 5.97 Å². The Balaban J connectivity index is 1.79. The molecule has 0 radical (unpaired) electrons. The number of amides is 1. The van der Waals surface area contributed by atoms with Gasteiger partial charge in [-0.1, -0.05) is 12.1 Å². The second kappa shape index (κ2) is 9.54. The molecule has 3 rings (SSSR count). The van der Waals surface area contributed by atoms with Gasteiger partial charge in [0.2, 0.25) is 5.91 Å². The Labute approximate surface area is 171 Å². The summed E-state index contributed by atoms with van der Waals surface area (Å²) in [4.78, 5) is 30.4. The van der Waals surface area contributed by atoms with Crippen molar-refractivity contribution in [2.75, 3.05) is 51.8 Å². The maximum Gasteiger partial charge on any atom is 0.335 e. The van der Waals surface area contributed by atoms with Crippen LogP contribution < -0.4 is 9.64 Å². The number of carboxylic acids is 1. The highest BCUT2D eigenvalue weighted by Gasteiger charge is 2.22. The summed E-state index contributed by atoms with van der Waals surface area (Å²) in [6.07, 6.45) is 0. The molecule has 0 spiro atoms. The van der Waals surface area contributed by atoms with Crippen molar-refractivity contribution in [3.63, 3.8) is 0 Å². The number of benzene rings is 2. The number of carboxylic acid groups (broad SMARTS) is 1. The largest absolute Gasteiger partial charge is 0.497 e. The van der Waals surface area contributed by atoms with Gasteiger partial charge in [0.1, 0.15) is 5.75 Å². The number of anilines is 1. The van der Waals surface area contributed by atoms with Crippen molar-refractivity contribution >= 4 is 17.6 Å². The first-order valence-corrected chi connectivity index (χ1v) is 9.64. The SMILES string of the molecule is COc1ccc(CN(C(=O)CN2CCN(C)CC2)c2ccc(C(=O)O)cc2)cc1. The van der Waals surface area contributed by atoms with Gasteiger partial charge in [0.05, 0.1) is 25.8 Å². The maximum atomic E-state index is 13.2. The molecule has 1 saturated heterocycles. The minimum Gasteiger partial charge on any atom is -0.497 e. The Morgan fingerprint density at radius 3 is 2.17 bits per heavy atom. The van der Waals surface area contributed by atoms with E-state index in [0.29, 0.717) is 18.8 Å². The van der Waals surface area contributed by atoms with E-state index in [1.165, 1.54) is 12.1 Å². The van der Waals surface area contributed by atoms with E-state index in [9.17, 15) is 9.59 Å². The lowest BCUT2D eigenvalue weighted by atomic mass is 10.1. The normalized spacial score (nSPS) is 15.1. The predicted molar refractivity (Wildman–Crippen MR) is 112 cm³/mol. The lowest BCUT2D eigenvalue weighted by Gasteiger charge is -2.33. The third-order valence-corrected chi connectivity index (χ3v) is 5.18. The van der Waals surface area contributed by atoms with E-state index in [1.807, 2.05) is 24.3 Å². The molecule has 7 nitrogen and oxygen atoms in total. The number of ether oxygens (including phenoxy) is 1. The number of hydrogen-bond donors (Lipinski definition) is 1. The maximum absolute atomic E-state index is 13.2. The molecule has 0 atom stereocenters. The van der Waals surface area contributed by atoms with Crippen LogP contribution in [0.2, 0.25) is 0 Å². The van der Waals surface area contributed by atoms with Crippen molar-refractivity contribution in [1.82, 2.24) is 9.80 Å². The van der Waals surface area contributed by atoms with Crippen molar-refractivity contribution in [2.24, 2.45) is 0 Å². The third-order valence-electron chi connectivity index (χ3n) is 5.18. The summed E-state index contributed by atoms with van der Waals surface area (Å²) < 4.78 is 5.20. The molecule has 1 heterocycles. The molecule has 0 aliphatic carbocycles. The monoisotopic (exact) mass is 397 g/mol. The van der Waals surface area contributed by atoms with Crippen LogP contribution in [0.5, 0.6) is 5.75 Å². The number of carbonyl (C=O) groups excluding carboxylic acids is 1. The van der Waals surface area contributed by atoms with Gasteiger partial charge in [-0.05, 0) is 49.0 Å². The molecule has 2 aromatic rings. The van der Waals surface area contributed by atoms with Crippen molar-refractivity contribution in [3.05, 3.63) is 59.7 Å². The second-order valence-electron chi connectivity index (χ2n) is 7.26. The Bertz CT molecular complexity index is 828. The zero-order chi connectivity index (χ0) is 20.8. The van der Waals surface area contributed by atoms with Crippen LogP contribution >= 0.6 is 0 Å². The minimum absolute atomic E-state index is 0.00607. The molecule has 0 saturated carbocycles. The van der Waals surface area contributed by atoms with Gasteiger partial charge in [0.15, 0.2) is 0 Å². The highest BCUT2D eigenvalue weighted by Crippen LogP contribution is 2.21. The first-order valence-electron chi connectivity index (χ1n) is 9.64. The summed E-state index contributed by atoms with van der Waals surface area (Å²) in [5, 5.41) is 9.14. The fraction of sp³-hybridized carbons (Fsp3) is 0.364. The van der Waals surface area contributed by atoms with Crippen LogP contribution in [0.15, 0.2) is 48.5 Å². The molecule has 0 bridgehead atoms. The Kier molecular flexibility index (Phi) is 6.85. The van der Waals surface area contributed by atoms with Crippen LogP contribution in [-0.2, 0) is 11.3 Å². The molecule has 1 fully saturated rings. The fourth-order valence-electron chi connectivity index (χ4n) is 3.30. The predicted octanol–water partition coefficient (Wildman–Crippen LogP) is 2.17. The number of aromatic carboxylic acids is 1. The summed E-state index contributed by atoms with van der Waals surface area (Å²) in [6, 6.07) is 14.0. The summed E-state index contributed by atoms with van der Waals surface area (Å²) in [5.41, 5.74) is 1.86. The van der Waals surface area contributed by atoms with Crippen molar-refractivity contribution in [1.29, 1.82) is 0 Å². The Morgan fingerprint density at radius 2 is 1.62 bits per heavy atom. The second-order valence-corrected chi connectivity index (χ2v) is 7.26. The Hall–Kier alpha value is -2.90. The fourth-order valence-corrected chi connectivity index (χ4v) is 3.30. The number of piperazine rings is 1. The molecule has 29 heavy (non-hydrogen) atoms. The highest BCUT2D eigenvalue weighted by molar-refractivity contribution is 5.95. The number of likely N-dealkylation sites (N-methyl/N-ethyl adjacent to an activating group) is 1. The van der Waals surface area contributed by atoms with Gasteiger partial charge < -0.3 is 19.6 Å². The van der Waals surface area contributed by atoms with E-state index in [0.717, 1.165) is 37.5 Å². The van der Waals surface area contributed by atoms with Gasteiger partial charge in [-0.2, -0.15) is 0 Å². The molecule has 154 valence electrons. The number of nitrogens with zero attached hydrogens (tertiary/aromatic N) is 3. The van der Waals surface area contributed by atoms with Crippen molar-refractivity contribution < 1.29 is 19.4 Å². The van der Waals surface area contributed by atoms with E-state index in [2.05, 4.69) is 16.8 Å². The topological polar surface area (TPSA) is 73.3 Å². The standard InChI is InChI=1S/C22H27N3O4/c1-23-11-13-24(14-12-23)16-21(26)25(15-17-3-9-20(29-2)10-4-17)19-7-5-18(6-8-19)22(27)28/h3-10H,11-16H2,1-2H3,(H,27,28). The van der Waals surface area contributed by atoms with Crippen LogP contribution in [0.4, 0.5) is 5.69 Å². The van der Waals surface area contributed by atoms with Gasteiger partial charge in [0.25, 0.3) is 0 Å². The smallest absolute Gasteiger partial charge is 0.335 e. The zero-order valence-electron chi connectivity index (χ0n) is 16.9. The lowest BCUT2D eigenvalue weighted by molar-refractivity contribution is -0.120. The van der Waals surface area contributed by atoms with Gasteiger partial charge in [-0.3, -0.25) is 9.69 Å². The molecule has 1 amide bonds. The average molecular weight is 397 g/mol. The molecule has 0 unspecified atom stereocenters. The van der Waals surface area contributed by atoms with Crippen molar-refractivity contribution in [2.45, 2.75) is 6.54 Å². The van der Waals surface area contributed by atoms with Crippen LogP contribution in [0, 0.1) is 0 Å². The summed E-state index contributed by atoms with van der Waals surface area (Å²) in [5.74, 6) is -0.231. The van der Waals surface area contributed by atoms with Gasteiger partial charge in [-0.25, -0.2) is 4.79 Å².